The number of ketones is 1. The molecule has 0 radical (unpaired) electrons. The highest BCUT2D eigenvalue weighted by Gasteiger charge is 2.57. The fourth-order valence-electron chi connectivity index (χ4n) is 8.36. The largest absolute Gasteiger partial charge is 0.467 e. The van der Waals surface area contributed by atoms with Crippen LogP contribution in [-0.4, -0.2) is 141 Å². The van der Waals surface area contributed by atoms with Crippen LogP contribution in [-0.2, 0) is 35.0 Å². The lowest BCUT2D eigenvalue weighted by Gasteiger charge is -2.40. The molecule has 0 saturated carbocycles. The summed E-state index contributed by atoms with van der Waals surface area (Å²) in [6.45, 7) is 12.9. The van der Waals surface area contributed by atoms with Crippen LogP contribution in [0.25, 0.3) is 0 Å². The molecule has 15 heteroatoms. The van der Waals surface area contributed by atoms with E-state index in [9.17, 15) is 14.4 Å². The van der Waals surface area contributed by atoms with Crippen LogP contribution in [0.2, 0.25) is 12.6 Å². The minimum Gasteiger partial charge on any atom is -0.467 e. The van der Waals surface area contributed by atoms with E-state index in [4.69, 9.17) is 28.8 Å². The molecule has 0 bridgehead atoms. The summed E-state index contributed by atoms with van der Waals surface area (Å²) in [5.74, 6) is 0.0980. The number of ether oxygens (including phenoxy) is 2. The summed E-state index contributed by atoms with van der Waals surface area (Å²) < 4.78 is 23.3. The average molecular weight is 789 g/mol. The maximum absolute atomic E-state index is 13.4. The highest BCUT2D eigenvalue weighted by atomic mass is 16.7. The van der Waals surface area contributed by atoms with Crippen molar-refractivity contribution in [1.29, 1.82) is 0 Å². The molecule has 13 nitrogen and oxygen atoms in total. The smallest absolute Gasteiger partial charge is 0.457 e. The number of carbonyl (C=O) groups is 3. The topological polar surface area (TPSA) is 150 Å². The summed E-state index contributed by atoms with van der Waals surface area (Å²) >= 11 is 0. The van der Waals surface area contributed by atoms with Crippen LogP contribution < -0.4 is 5.32 Å². The number of carbonyl (C=O) groups excluding carboxylic acids is 3. The van der Waals surface area contributed by atoms with Crippen molar-refractivity contribution in [2.24, 2.45) is 11.8 Å². The lowest BCUT2D eigenvalue weighted by atomic mass is 9.74. The van der Waals surface area contributed by atoms with Crippen LogP contribution in [0.3, 0.4) is 0 Å². The summed E-state index contributed by atoms with van der Waals surface area (Å²) in [5.41, 5.74) is -1.31. The van der Waals surface area contributed by atoms with Crippen LogP contribution in [0.5, 0.6) is 0 Å². The molecule has 3 fully saturated rings. The van der Waals surface area contributed by atoms with Gasteiger partial charge in [-0.3, -0.25) is 9.69 Å². The third kappa shape index (κ3) is 12.7. The van der Waals surface area contributed by atoms with Gasteiger partial charge in [0.15, 0.2) is 0 Å². The predicted octanol–water partition coefficient (Wildman–Crippen LogP) is 5.15. The van der Waals surface area contributed by atoms with Gasteiger partial charge in [-0.25, -0.2) is 9.59 Å². The Bertz CT molecular complexity index is 1350. The quantitative estimate of drug-likeness (QED) is 0.134. The molecule has 3 heterocycles. The molecule has 4 atom stereocenters. The Morgan fingerprint density at radius 2 is 1.52 bits per heavy atom. The Balaban J connectivity index is 0.000000459. The molecule has 0 aliphatic carbocycles. The number of likely N-dealkylation sites (tertiary alicyclic amines) is 1. The molecule has 3 aliphatic rings. The number of nitrogens with zero attached hydrogens (tertiary/aromatic N) is 3. The predicted molar refractivity (Wildman–Crippen MR) is 223 cm³/mol. The SMILES string of the molecule is C.CC(=O)[C@@]1(CCN(C)C)NCC[C@H]1CCCB(O)O.COC(=O)[C@]1(CCN(C)C)[C@H](CCCB2OC(C)(C)C(C)(C)O2)CCN1C(=O)OCc1ccccc1. The first-order valence-electron chi connectivity index (χ1n) is 20.2. The molecule has 3 N–H and O–H groups in total. The van der Waals surface area contributed by atoms with E-state index in [-0.39, 0.29) is 50.0 Å². The van der Waals surface area contributed by atoms with Crippen molar-refractivity contribution in [1.82, 2.24) is 20.0 Å². The maximum Gasteiger partial charge on any atom is 0.457 e. The fourth-order valence-corrected chi connectivity index (χ4v) is 8.36. The highest BCUT2D eigenvalue weighted by molar-refractivity contribution is 6.45. The number of hydrogen-bond acceptors (Lipinski definition) is 12. The minimum absolute atomic E-state index is 0. The Hall–Kier alpha value is -2.52. The standard InChI is InChI=1S/C27H43BN2O6.C13H27BN2O3.CH4/c1-25(2)26(3,4)36-28(35-25)17-11-14-22-15-18-30(24(32)34-20-21-12-9-8-10-13-21)27(22,23(31)33-7)16-19-29(5)6;1-11(17)13(7-10-16(2)3)12(6-9-15-13)5-4-8-14(18)19;/h8-10,12-13,22H,11,14-20H2,1-7H3;12,15,18-19H,4-10H2,1-3H3;1H4/t22-,27+;12-,13-;/m11./s1. The number of Topliss-reactive ketones (excluding diaryl/α,β-unsaturated/α-hetero) is 1. The third-order valence-electron chi connectivity index (χ3n) is 12.3. The fraction of sp³-hybridized carbons (Fsp3) is 0.780. The Labute approximate surface area is 338 Å². The van der Waals surface area contributed by atoms with Gasteiger partial charge in [-0.1, -0.05) is 50.6 Å². The Kier molecular flexibility index (Phi) is 19.5. The van der Waals surface area contributed by atoms with Gasteiger partial charge in [0.05, 0.1) is 23.9 Å². The zero-order valence-corrected chi connectivity index (χ0v) is 35.4. The molecular formula is C41H74B2N4O9. The van der Waals surface area contributed by atoms with E-state index in [2.05, 4.69) is 10.2 Å². The lowest BCUT2D eigenvalue weighted by molar-refractivity contribution is -0.156. The molecule has 0 unspecified atom stereocenters. The van der Waals surface area contributed by atoms with Gasteiger partial charge in [0, 0.05) is 13.1 Å². The summed E-state index contributed by atoms with van der Waals surface area (Å²) in [4.78, 5) is 44.6. The highest BCUT2D eigenvalue weighted by Crippen LogP contribution is 2.44. The van der Waals surface area contributed by atoms with E-state index in [1.54, 1.807) is 11.8 Å². The zero-order valence-electron chi connectivity index (χ0n) is 35.4. The first-order valence-corrected chi connectivity index (χ1v) is 20.2. The number of rotatable bonds is 18. The van der Waals surface area contributed by atoms with Gasteiger partial charge in [-0.2, -0.15) is 0 Å². The maximum atomic E-state index is 13.4. The average Bonchev–Trinajstić information content (AvgIpc) is 3.76. The molecule has 318 valence electrons. The Morgan fingerprint density at radius 3 is 2.07 bits per heavy atom. The number of methoxy groups -OCH3 is 1. The van der Waals surface area contributed by atoms with Gasteiger partial charge < -0.3 is 43.9 Å². The van der Waals surface area contributed by atoms with E-state index in [1.807, 2.05) is 91.1 Å². The molecular weight excluding hydrogens is 714 g/mol. The van der Waals surface area contributed by atoms with Crippen molar-refractivity contribution in [2.75, 3.05) is 61.5 Å². The van der Waals surface area contributed by atoms with Crippen LogP contribution in [0.4, 0.5) is 4.79 Å². The third-order valence-corrected chi connectivity index (χ3v) is 12.3. The van der Waals surface area contributed by atoms with E-state index < -0.39 is 24.3 Å². The van der Waals surface area contributed by atoms with Crippen molar-refractivity contribution >= 4 is 32.1 Å². The van der Waals surface area contributed by atoms with Gasteiger partial charge >= 0.3 is 26.3 Å². The van der Waals surface area contributed by atoms with E-state index in [1.165, 1.54) is 7.11 Å². The molecule has 4 rings (SSSR count). The molecule has 1 aromatic rings. The van der Waals surface area contributed by atoms with Crippen LogP contribution >= 0.6 is 0 Å². The number of hydrogen-bond donors (Lipinski definition) is 3. The second-order valence-electron chi connectivity index (χ2n) is 17.2. The molecule has 1 aromatic carbocycles. The van der Waals surface area contributed by atoms with Gasteiger partial charge in [0.2, 0.25) is 0 Å². The van der Waals surface area contributed by atoms with Crippen LogP contribution in [0.15, 0.2) is 30.3 Å². The lowest BCUT2D eigenvalue weighted by Crippen LogP contribution is -2.58. The van der Waals surface area contributed by atoms with Gasteiger partial charge in [0.25, 0.3) is 0 Å². The molecule has 1 amide bonds. The second kappa shape index (κ2) is 22.0. The van der Waals surface area contributed by atoms with Crippen LogP contribution in [0, 0.1) is 11.8 Å². The van der Waals surface area contributed by atoms with Crippen molar-refractivity contribution in [3.05, 3.63) is 35.9 Å². The van der Waals surface area contributed by atoms with E-state index in [0.717, 1.165) is 63.5 Å². The number of amides is 1. The van der Waals surface area contributed by atoms with Gasteiger partial charge in [-0.15, -0.1) is 0 Å². The monoisotopic (exact) mass is 789 g/mol. The summed E-state index contributed by atoms with van der Waals surface area (Å²) in [7, 11) is 7.84. The van der Waals surface area contributed by atoms with Crippen molar-refractivity contribution < 1.29 is 43.2 Å². The molecule has 3 saturated heterocycles. The summed E-state index contributed by atoms with van der Waals surface area (Å²) in [6, 6.07) is 9.56. The van der Waals surface area contributed by atoms with Crippen molar-refractivity contribution in [3.8, 4) is 0 Å². The van der Waals surface area contributed by atoms with Crippen molar-refractivity contribution in [2.45, 2.75) is 135 Å². The minimum atomic E-state index is -1.23. The number of nitrogens with one attached hydrogen (secondary N) is 1. The van der Waals surface area contributed by atoms with Crippen LogP contribution in [0.1, 0.15) is 99.0 Å². The summed E-state index contributed by atoms with van der Waals surface area (Å²) in [5, 5.41) is 21.2. The van der Waals surface area contributed by atoms with E-state index in [0.29, 0.717) is 38.2 Å². The summed E-state index contributed by atoms with van der Waals surface area (Å²) in [6.07, 6.45) is 6.85. The zero-order chi connectivity index (χ0) is 41.0. The number of esters is 1. The molecule has 0 aromatic heterocycles. The molecule has 0 spiro atoms. The second-order valence-corrected chi connectivity index (χ2v) is 17.2. The number of benzene rings is 1. The van der Waals surface area contributed by atoms with Crippen molar-refractivity contribution in [3.63, 3.8) is 0 Å². The first-order chi connectivity index (χ1) is 25.8. The van der Waals surface area contributed by atoms with Gasteiger partial charge in [0.1, 0.15) is 17.9 Å². The normalized spacial score (nSPS) is 25.1. The Morgan fingerprint density at radius 1 is 0.929 bits per heavy atom. The van der Waals surface area contributed by atoms with Gasteiger partial charge in [-0.05, 0) is 144 Å². The molecule has 3 aliphatic heterocycles. The van der Waals surface area contributed by atoms with E-state index >= 15 is 0 Å². The first kappa shape index (κ1) is 49.6. The molecule has 56 heavy (non-hydrogen) atoms.